The van der Waals surface area contributed by atoms with Gasteiger partial charge in [-0.3, -0.25) is 0 Å². The minimum atomic E-state index is -3.50. The molecule has 124 valence electrons. The van der Waals surface area contributed by atoms with Crippen LogP contribution >= 0.6 is 0 Å². The van der Waals surface area contributed by atoms with E-state index in [-0.39, 0.29) is 6.04 Å². The predicted octanol–water partition coefficient (Wildman–Crippen LogP) is 3.46. The summed E-state index contributed by atoms with van der Waals surface area (Å²) in [5.74, 6) is 0.821. The van der Waals surface area contributed by atoms with Crippen molar-refractivity contribution in [2.24, 2.45) is 0 Å². The fourth-order valence-electron chi connectivity index (χ4n) is 3.02. The average Bonchev–Trinajstić information content (AvgIpc) is 3.16. The number of hydrogen-bond acceptors (Lipinski definition) is 4. The van der Waals surface area contributed by atoms with Crippen molar-refractivity contribution in [1.29, 1.82) is 0 Å². The largest absolute Gasteiger partial charge is 0.361 e. The summed E-state index contributed by atoms with van der Waals surface area (Å²) in [5.41, 5.74) is 1.77. The van der Waals surface area contributed by atoms with Gasteiger partial charge < -0.3 is 4.52 Å². The molecule has 1 fully saturated rings. The minimum absolute atomic E-state index is 0.226. The summed E-state index contributed by atoms with van der Waals surface area (Å²) in [6, 6.07) is 8.67. The molecule has 2 aromatic rings. The second-order valence-corrected chi connectivity index (χ2v) is 7.95. The summed E-state index contributed by atoms with van der Waals surface area (Å²) in [5, 5.41) is 4.11. The Hall–Kier alpha value is -1.66. The van der Waals surface area contributed by atoms with Crippen LogP contribution in [0.3, 0.4) is 0 Å². The van der Waals surface area contributed by atoms with E-state index in [9.17, 15) is 8.42 Å². The lowest BCUT2D eigenvalue weighted by atomic mass is 10.1. The van der Waals surface area contributed by atoms with Crippen LogP contribution in [-0.4, -0.2) is 24.4 Å². The quantitative estimate of drug-likeness (QED) is 0.840. The molecule has 1 unspecified atom stereocenters. The van der Waals surface area contributed by atoms with E-state index in [1.165, 1.54) is 0 Å². The Morgan fingerprint density at radius 3 is 2.74 bits per heavy atom. The molecule has 1 aliphatic rings. The maximum absolute atomic E-state index is 12.9. The zero-order valence-electron chi connectivity index (χ0n) is 13.5. The van der Waals surface area contributed by atoms with Crippen LogP contribution in [0.2, 0.25) is 0 Å². The summed E-state index contributed by atoms with van der Waals surface area (Å²) in [6.07, 6.45) is 3.42. The van der Waals surface area contributed by atoms with Crippen molar-refractivity contribution in [3.05, 3.63) is 47.3 Å². The normalized spacial score (nSPS) is 19.3. The molecule has 1 aromatic heterocycles. The Kier molecular flexibility index (Phi) is 4.55. The van der Waals surface area contributed by atoms with Gasteiger partial charge in [0, 0.05) is 19.0 Å². The Balaban J connectivity index is 1.89. The SMILES string of the molecule is CCCc1cc(C2CCCN2S(=O)(=O)c2ccc(C)cc2)no1. The Bertz CT molecular complexity index is 765. The highest BCUT2D eigenvalue weighted by atomic mass is 32.2. The van der Waals surface area contributed by atoms with E-state index in [0.29, 0.717) is 11.4 Å². The summed E-state index contributed by atoms with van der Waals surface area (Å²) in [6.45, 7) is 4.54. The van der Waals surface area contributed by atoms with E-state index in [2.05, 4.69) is 12.1 Å². The molecule has 0 saturated carbocycles. The molecule has 0 N–H and O–H groups in total. The molecule has 0 radical (unpaired) electrons. The summed E-state index contributed by atoms with van der Waals surface area (Å²) in [4.78, 5) is 0.340. The molecule has 0 amide bonds. The van der Waals surface area contributed by atoms with Crippen LogP contribution in [0, 0.1) is 6.92 Å². The predicted molar refractivity (Wildman–Crippen MR) is 87.5 cm³/mol. The summed E-state index contributed by atoms with van der Waals surface area (Å²) in [7, 11) is -3.50. The molecule has 0 aliphatic carbocycles. The van der Waals surface area contributed by atoms with Gasteiger partial charge in [0.25, 0.3) is 0 Å². The van der Waals surface area contributed by atoms with Crippen molar-refractivity contribution < 1.29 is 12.9 Å². The van der Waals surface area contributed by atoms with Crippen molar-refractivity contribution in [2.45, 2.75) is 50.5 Å². The number of aryl methyl sites for hydroxylation is 2. The Morgan fingerprint density at radius 1 is 1.30 bits per heavy atom. The lowest BCUT2D eigenvalue weighted by molar-refractivity contribution is 0.343. The van der Waals surface area contributed by atoms with E-state index in [0.717, 1.165) is 42.7 Å². The van der Waals surface area contributed by atoms with Crippen LogP contribution in [0.1, 0.15) is 49.2 Å². The number of benzene rings is 1. The van der Waals surface area contributed by atoms with Gasteiger partial charge in [0.15, 0.2) is 0 Å². The number of rotatable bonds is 5. The molecule has 5 nitrogen and oxygen atoms in total. The molecule has 2 heterocycles. The van der Waals surface area contributed by atoms with Gasteiger partial charge in [-0.05, 0) is 38.3 Å². The summed E-state index contributed by atoms with van der Waals surface area (Å²) < 4.78 is 32.7. The maximum Gasteiger partial charge on any atom is 0.243 e. The van der Waals surface area contributed by atoms with Crippen LogP contribution in [0.4, 0.5) is 0 Å². The van der Waals surface area contributed by atoms with Gasteiger partial charge >= 0.3 is 0 Å². The zero-order valence-corrected chi connectivity index (χ0v) is 14.3. The highest BCUT2D eigenvalue weighted by molar-refractivity contribution is 7.89. The highest BCUT2D eigenvalue weighted by Gasteiger charge is 2.37. The van der Waals surface area contributed by atoms with Gasteiger partial charge in [-0.2, -0.15) is 4.31 Å². The first kappa shape index (κ1) is 16.2. The smallest absolute Gasteiger partial charge is 0.243 e. The lowest BCUT2D eigenvalue weighted by Gasteiger charge is -2.22. The van der Waals surface area contributed by atoms with Crippen molar-refractivity contribution in [1.82, 2.24) is 9.46 Å². The molecule has 1 aromatic carbocycles. The molecule has 1 aliphatic heterocycles. The first-order valence-electron chi connectivity index (χ1n) is 8.06. The fraction of sp³-hybridized carbons (Fsp3) is 0.471. The molecule has 0 bridgehead atoms. The lowest BCUT2D eigenvalue weighted by Crippen LogP contribution is -2.30. The van der Waals surface area contributed by atoms with E-state index in [4.69, 9.17) is 4.52 Å². The third-order valence-electron chi connectivity index (χ3n) is 4.25. The highest BCUT2D eigenvalue weighted by Crippen LogP contribution is 2.36. The zero-order chi connectivity index (χ0) is 16.4. The van der Waals surface area contributed by atoms with Crippen LogP contribution < -0.4 is 0 Å². The van der Waals surface area contributed by atoms with Gasteiger partial charge in [-0.1, -0.05) is 29.8 Å². The van der Waals surface area contributed by atoms with Crippen LogP contribution in [0.25, 0.3) is 0 Å². The molecular formula is C17H22N2O3S. The molecule has 3 rings (SSSR count). The molecule has 1 saturated heterocycles. The fourth-order valence-corrected chi connectivity index (χ4v) is 4.69. The minimum Gasteiger partial charge on any atom is -0.361 e. The Labute approximate surface area is 137 Å². The second kappa shape index (κ2) is 6.45. The van der Waals surface area contributed by atoms with Crippen molar-refractivity contribution in [2.75, 3.05) is 6.54 Å². The van der Waals surface area contributed by atoms with E-state index >= 15 is 0 Å². The van der Waals surface area contributed by atoms with Crippen LogP contribution in [0.5, 0.6) is 0 Å². The number of aromatic nitrogens is 1. The van der Waals surface area contributed by atoms with Crippen molar-refractivity contribution in [3.63, 3.8) is 0 Å². The Morgan fingerprint density at radius 2 is 2.04 bits per heavy atom. The number of hydrogen-bond donors (Lipinski definition) is 0. The third-order valence-corrected chi connectivity index (χ3v) is 6.17. The maximum atomic E-state index is 12.9. The monoisotopic (exact) mass is 334 g/mol. The first-order chi connectivity index (χ1) is 11.0. The van der Waals surface area contributed by atoms with Crippen LogP contribution in [-0.2, 0) is 16.4 Å². The van der Waals surface area contributed by atoms with Crippen LogP contribution in [0.15, 0.2) is 39.8 Å². The average molecular weight is 334 g/mol. The molecular weight excluding hydrogens is 312 g/mol. The number of nitrogens with zero attached hydrogens (tertiary/aromatic N) is 2. The standard InChI is InChI=1S/C17H22N2O3S/c1-3-5-14-12-16(18-22-14)17-6-4-11-19(17)23(20,21)15-9-7-13(2)8-10-15/h7-10,12,17H,3-6,11H2,1-2H3. The van der Waals surface area contributed by atoms with E-state index in [1.807, 2.05) is 25.1 Å². The van der Waals surface area contributed by atoms with Crippen molar-refractivity contribution >= 4 is 10.0 Å². The van der Waals surface area contributed by atoms with Gasteiger partial charge in [-0.25, -0.2) is 8.42 Å². The van der Waals surface area contributed by atoms with Crippen molar-refractivity contribution in [3.8, 4) is 0 Å². The third kappa shape index (κ3) is 3.19. The first-order valence-corrected chi connectivity index (χ1v) is 9.50. The second-order valence-electron chi connectivity index (χ2n) is 6.05. The van der Waals surface area contributed by atoms with E-state index < -0.39 is 10.0 Å². The van der Waals surface area contributed by atoms with Gasteiger partial charge in [-0.15, -0.1) is 0 Å². The topological polar surface area (TPSA) is 63.4 Å². The molecule has 1 atom stereocenters. The molecule has 6 heteroatoms. The van der Waals surface area contributed by atoms with Gasteiger partial charge in [0.2, 0.25) is 10.0 Å². The molecule has 23 heavy (non-hydrogen) atoms. The summed E-state index contributed by atoms with van der Waals surface area (Å²) >= 11 is 0. The molecule has 0 spiro atoms. The van der Waals surface area contributed by atoms with Gasteiger partial charge in [0.1, 0.15) is 11.5 Å². The number of sulfonamides is 1. The van der Waals surface area contributed by atoms with Gasteiger partial charge in [0.05, 0.1) is 10.9 Å². The van der Waals surface area contributed by atoms with E-state index in [1.54, 1.807) is 16.4 Å².